The van der Waals surface area contributed by atoms with Gasteiger partial charge >= 0.3 is 0 Å². The SMILES string of the molecule is CN(Cc1ccco1)CC1(CN)CCCC1. The van der Waals surface area contributed by atoms with Crippen LogP contribution in [-0.4, -0.2) is 25.0 Å². The molecule has 0 aliphatic heterocycles. The highest BCUT2D eigenvalue weighted by Gasteiger charge is 2.33. The van der Waals surface area contributed by atoms with Crippen molar-refractivity contribution < 1.29 is 4.42 Å². The largest absolute Gasteiger partial charge is 0.468 e. The maximum absolute atomic E-state index is 5.94. The summed E-state index contributed by atoms with van der Waals surface area (Å²) in [7, 11) is 2.15. The summed E-state index contributed by atoms with van der Waals surface area (Å²) in [6, 6.07) is 3.97. The highest BCUT2D eigenvalue weighted by Crippen LogP contribution is 2.37. The van der Waals surface area contributed by atoms with Gasteiger partial charge in [-0.25, -0.2) is 0 Å². The third-order valence-electron chi connectivity index (χ3n) is 3.71. The summed E-state index contributed by atoms with van der Waals surface area (Å²) in [5.74, 6) is 1.03. The average molecular weight is 222 g/mol. The molecular weight excluding hydrogens is 200 g/mol. The van der Waals surface area contributed by atoms with Gasteiger partial charge in [-0.3, -0.25) is 4.90 Å². The molecule has 0 spiro atoms. The molecule has 90 valence electrons. The maximum Gasteiger partial charge on any atom is 0.117 e. The number of furan rings is 1. The van der Waals surface area contributed by atoms with E-state index in [0.717, 1.165) is 25.4 Å². The fourth-order valence-electron chi connectivity index (χ4n) is 2.85. The summed E-state index contributed by atoms with van der Waals surface area (Å²) >= 11 is 0. The second-order valence-electron chi connectivity index (χ2n) is 5.16. The average Bonchev–Trinajstić information content (AvgIpc) is 2.90. The van der Waals surface area contributed by atoms with Crippen LogP contribution in [0, 0.1) is 5.41 Å². The second kappa shape index (κ2) is 5.02. The Morgan fingerprint density at radius 3 is 2.75 bits per heavy atom. The topological polar surface area (TPSA) is 42.4 Å². The van der Waals surface area contributed by atoms with E-state index in [1.165, 1.54) is 25.7 Å². The minimum absolute atomic E-state index is 0.362. The molecule has 0 bridgehead atoms. The van der Waals surface area contributed by atoms with Crippen molar-refractivity contribution in [2.24, 2.45) is 11.1 Å². The Morgan fingerprint density at radius 1 is 1.44 bits per heavy atom. The fraction of sp³-hybridized carbons (Fsp3) is 0.692. The van der Waals surface area contributed by atoms with Crippen LogP contribution < -0.4 is 5.73 Å². The minimum atomic E-state index is 0.362. The van der Waals surface area contributed by atoms with E-state index in [1.54, 1.807) is 6.26 Å². The van der Waals surface area contributed by atoms with Crippen molar-refractivity contribution >= 4 is 0 Å². The Balaban J connectivity index is 1.88. The Kier molecular flexibility index (Phi) is 3.66. The van der Waals surface area contributed by atoms with Crippen molar-refractivity contribution in [1.82, 2.24) is 4.90 Å². The molecule has 0 saturated heterocycles. The van der Waals surface area contributed by atoms with Gasteiger partial charge in [-0.05, 0) is 44.0 Å². The van der Waals surface area contributed by atoms with Gasteiger partial charge in [-0.2, -0.15) is 0 Å². The molecule has 3 heteroatoms. The summed E-state index contributed by atoms with van der Waals surface area (Å²) < 4.78 is 5.36. The van der Waals surface area contributed by atoms with E-state index < -0.39 is 0 Å². The van der Waals surface area contributed by atoms with Crippen molar-refractivity contribution in [3.63, 3.8) is 0 Å². The Bertz CT molecular complexity index is 302. The zero-order valence-corrected chi connectivity index (χ0v) is 10.1. The van der Waals surface area contributed by atoms with Gasteiger partial charge in [0, 0.05) is 6.54 Å². The smallest absolute Gasteiger partial charge is 0.117 e. The molecule has 1 aliphatic carbocycles. The van der Waals surface area contributed by atoms with Crippen LogP contribution in [-0.2, 0) is 6.54 Å². The van der Waals surface area contributed by atoms with Crippen LogP contribution in [0.2, 0.25) is 0 Å². The molecular formula is C13H22N2O. The number of nitrogens with zero attached hydrogens (tertiary/aromatic N) is 1. The Labute approximate surface area is 97.6 Å². The molecule has 16 heavy (non-hydrogen) atoms. The molecule has 0 atom stereocenters. The molecule has 0 unspecified atom stereocenters. The lowest BCUT2D eigenvalue weighted by atomic mass is 9.86. The molecule has 1 heterocycles. The molecule has 1 aromatic heterocycles. The van der Waals surface area contributed by atoms with E-state index in [0.29, 0.717) is 5.41 Å². The summed E-state index contributed by atoms with van der Waals surface area (Å²) in [5, 5.41) is 0. The molecule has 3 nitrogen and oxygen atoms in total. The first-order chi connectivity index (χ1) is 7.74. The van der Waals surface area contributed by atoms with E-state index in [1.807, 2.05) is 12.1 Å². The summed E-state index contributed by atoms with van der Waals surface area (Å²) in [5.41, 5.74) is 6.30. The van der Waals surface area contributed by atoms with Crippen LogP contribution in [0.25, 0.3) is 0 Å². The fourth-order valence-corrected chi connectivity index (χ4v) is 2.85. The molecule has 0 aromatic carbocycles. The highest BCUT2D eigenvalue weighted by molar-refractivity contribution is 4.98. The molecule has 1 fully saturated rings. The first-order valence-electron chi connectivity index (χ1n) is 6.15. The van der Waals surface area contributed by atoms with E-state index in [9.17, 15) is 0 Å². The van der Waals surface area contributed by atoms with Gasteiger partial charge in [0.1, 0.15) is 5.76 Å². The minimum Gasteiger partial charge on any atom is -0.468 e. The number of hydrogen-bond acceptors (Lipinski definition) is 3. The molecule has 2 rings (SSSR count). The monoisotopic (exact) mass is 222 g/mol. The molecule has 1 aromatic rings. The van der Waals surface area contributed by atoms with Crippen LogP contribution in [0.4, 0.5) is 0 Å². The third-order valence-corrected chi connectivity index (χ3v) is 3.71. The first kappa shape index (κ1) is 11.7. The van der Waals surface area contributed by atoms with Gasteiger partial charge < -0.3 is 10.2 Å². The third kappa shape index (κ3) is 2.66. The van der Waals surface area contributed by atoms with Gasteiger partial charge in [-0.15, -0.1) is 0 Å². The standard InChI is InChI=1S/C13H22N2O/c1-15(9-12-5-4-8-16-12)11-13(10-14)6-2-3-7-13/h4-5,8H,2-3,6-7,9-11,14H2,1H3. The first-order valence-corrected chi connectivity index (χ1v) is 6.15. The molecule has 1 aliphatic rings. The van der Waals surface area contributed by atoms with Crippen LogP contribution in [0.15, 0.2) is 22.8 Å². The molecule has 0 radical (unpaired) electrons. The molecule has 2 N–H and O–H groups in total. The lowest BCUT2D eigenvalue weighted by molar-refractivity contribution is 0.171. The molecule has 0 amide bonds. The van der Waals surface area contributed by atoms with E-state index in [2.05, 4.69) is 11.9 Å². The Morgan fingerprint density at radius 2 is 2.19 bits per heavy atom. The van der Waals surface area contributed by atoms with Crippen LogP contribution in [0.1, 0.15) is 31.4 Å². The van der Waals surface area contributed by atoms with Gasteiger partial charge in [-0.1, -0.05) is 12.8 Å². The highest BCUT2D eigenvalue weighted by atomic mass is 16.3. The number of rotatable bonds is 5. The summed E-state index contributed by atoms with van der Waals surface area (Å²) in [6.45, 7) is 2.79. The predicted molar refractivity (Wildman–Crippen MR) is 65.0 cm³/mol. The van der Waals surface area contributed by atoms with Crippen molar-refractivity contribution in [1.29, 1.82) is 0 Å². The van der Waals surface area contributed by atoms with Gasteiger partial charge in [0.25, 0.3) is 0 Å². The lowest BCUT2D eigenvalue weighted by Gasteiger charge is -2.32. The quantitative estimate of drug-likeness (QED) is 0.830. The van der Waals surface area contributed by atoms with E-state index in [4.69, 9.17) is 10.2 Å². The number of nitrogens with two attached hydrogens (primary N) is 1. The van der Waals surface area contributed by atoms with Crippen LogP contribution >= 0.6 is 0 Å². The van der Waals surface area contributed by atoms with Crippen molar-refractivity contribution in [3.8, 4) is 0 Å². The number of hydrogen-bond donors (Lipinski definition) is 1. The normalized spacial score (nSPS) is 19.4. The van der Waals surface area contributed by atoms with Crippen molar-refractivity contribution in [2.45, 2.75) is 32.2 Å². The maximum atomic E-state index is 5.94. The van der Waals surface area contributed by atoms with E-state index >= 15 is 0 Å². The zero-order chi connectivity index (χ0) is 11.4. The summed E-state index contributed by atoms with van der Waals surface area (Å²) in [4.78, 5) is 2.33. The second-order valence-corrected chi connectivity index (χ2v) is 5.16. The van der Waals surface area contributed by atoms with Crippen molar-refractivity contribution in [2.75, 3.05) is 20.1 Å². The lowest BCUT2D eigenvalue weighted by Crippen LogP contribution is -2.38. The summed E-state index contributed by atoms with van der Waals surface area (Å²) in [6.07, 6.45) is 6.98. The van der Waals surface area contributed by atoms with Crippen molar-refractivity contribution in [3.05, 3.63) is 24.2 Å². The van der Waals surface area contributed by atoms with Crippen LogP contribution in [0.5, 0.6) is 0 Å². The predicted octanol–water partition coefficient (Wildman–Crippen LogP) is 2.23. The van der Waals surface area contributed by atoms with Gasteiger partial charge in [0.2, 0.25) is 0 Å². The van der Waals surface area contributed by atoms with E-state index in [-0.39, 0.29) is 0 Å². The molecule has 1 saturated carbocycles. The van der Waals surface area contributed by atoms with Gasteiger partial charge in [0.05, 0.1) is 12.8 Å². The Hall–Kier alpha value is -0.800. The zero-order valence-electron chi connectivity index (χ0n) is 10.1. The van der Waals surface area contributed by atoms with Crippen LogP contribution in [0.3, 0.4) is 0 Å². The van der Waals surface area contributed by atoms with Gasteiger partial charge in [0.15, 0.2) is 0 Å².